The molecule has 7 N–H and O–H groups in total. The van der Waals surface area contributed by atoms with Crippen LogP contribution in [0.2, 0.25) is 0 Å². The van der Waals surface area contributed by atoms with Crippen molar-refractivity contribution in [2.75, 3.05) is 38.6 Å². The second kappa shape index (κ2) is 18.1. The number of Topliss-reactive ketones (excluding diaryl/α,β-unsaturated/α-hetero) is 1. The SMILES string of the molecule is CO[C@H]1/C=C/O[C@@]2(C)Oc3c(C)c(O)c4c(O)c(c(C=NN5CCN(C6CCCC6)CC5)c(O)c4c3C2=O)NC(=O)/C(C)=C\C=C\[C@H](C)[C@H](O)[C@@H](C)[C@@H](O)[C@H](C)[C@H](O)[C@H]1C. The number of carbonyl (C=O) groups excluding carboxylic acids is 2. The van der Waals surface area contributed by atoms with Gasteiger partial charge in [0.05, 0.1) is 59.1 Å². The van der Waals surface area contributed by atoms with Crippen LogP contribution in [0, 0.1) is 30.6 Å². The van der Waals surface area contributed by atoms with Gasteiger partial charge in [0.25, 0.3) is 11.7 Å². The van der Waals surface area contributed by atoms with E-state index in [-0.39, 0.29) is 44.5 Å². The van der Waals surface area contributed by atoms with Crippen molar-refractivity contribution in [3.63, 3.8) is 0 Å². The quantitative estimate of drug-likeness (QED) is 0.122. The zero-order valence-corrected chi connectivity index (χ0v) is 35.9. The maximum absolute atomic E-state index is 14.4. The minimum absolute atomic E-state index is 0.0742. The van der Waals surface area contributed by atoms with E-state index in [4.69, 9.17) is 14.2 Å². The molecule has 5 bridgehead atoms. The molecule has 60 heavy (non-hydrogen) atoms. The Balaban J connectivity index is 1.46. The number of benzene rings is 2. The number of aliphatic hydroxyl groups excluding tert-OH is 3. The van der Waals surface area contributed by atoms with E-state index in [0.29, 0.717) is 19.1 Å². The first-order chi connectivity index (χ1) is 28.4. The summed E-state index contributed by atoms with van der Waals surface area (Å²) < 4.78 is 17.8. The predicted molar refractivity (Wildman–Crippen MR) is 227 cm³/mol. The van der Waals surface area contributed by atoms with Gasteiger partial charge in [-0.25, -0.2) is 0 Å². The van der Waals surface area contributed by atoms with Crippen molar-refractivity contribution in [2.24, 2.45) is 28.8 Å². The summed E-state index contributed by atoms with van der Waals surface area (Å²) in [4.78, 5) is 30.7. The number of ether oxygens (including phenoxy) is 3. The van der Waals surface area contributed by atoms with Crippen LogP contribution in [0.1, 0.15) is 88.7 Å². The Kier molecular flexibility index (Phi) is 13.6. The van der Waals surface area contributed by atoms with E-state index in [1.54, 1.807) is 46.8 Å². The maximum atomic E-state index is 14.4. The zero-order chi connectivity index (χ0) is 43.8. The average Bonchev–Trinajstić information content (AvgIpc) is 3.87. The van der Waals surface area contributed by atoms with Crippen LogP contribution in [0.25, 0.3) is 10.8 Å². The molecule has 0 spiro atoms. The number of fused-ring (bicyclic) bond motifs is 14. The Hall–Kier alpha value is -4.67. The molecule has 0 unspecified atom stereocenters. The van der Waals surface area contributed by atoms with E-state index in [1.807, 2.05) is 5.01 Å². The van der Waals surface area contributed by atoms with Gasteiger partial charge >= 0.3 is 5.79 Å². The monoisotopic (exact) mass is 834 g/mol. The molecule has 1 amide bonds. The van der Waals surface area contributed by atoms with E-state index in [1.165, 1.54) is 71.3 Å². The number of methoxy groups -OCH3 is 1. The number of allylic oxidation sites excluding steroid dienone is 2. The first kappa shape index (κ1) is 44.9. The van der Waals surface area contributed by atoms with Crippen LogP contribution >= 0.6 is 0 Å². The largest absolute Gasteiger partial charge is 0.507 e. The van der Waals surface area contributed by atoms with Gasteiger partial charge in [0.2, 0.25) is 0 Å². The minimum Gasteiger partial charge on any atom is -0.507 e. The molecule has 1 aliphatic carbocycles. The van der Waals surface area contributed by atoms with Crippen molar-refractivity contribution in [3.8, 4) is 23.0 Å². The van der Waals surface area contributed by atoms with Gasteiger partial charge < -0.3 is 50.2 Å². The fourth-order valence-corrected chi connectivity index (χ4v) is 9.08. The van der Waals surface area contributed by atoms with Crippen LogP contribution in [-0.4, -0.2) is 128 Å². The number of phenolic OH excluding ortho intramolecular Hbond substituents is 3. The van der Waals surface area contributed by atoms with Gasteiger partial charge in [0, 0.05) is 86.4 Å². The van der Waals surface area contributed by atoms with Crippen molar-refractivity contribution < 1.29 is 54.4 Å². The molecule has 5 aliphatic rings. The molecule has 9 atom stereocenters. The molecule has 2 aromatic rings. The van der Waals surface area contributed by atoms with E-state index in [2.05, 4.69) is 15.3 Å². The van der Waals surface area contributed by atoms with Crippen LogP contribution in [0.4, 0.5) is 5.69 Å². The molecule has 1 saturated carbocycles. The van der Waals surface area contributed by atoms with E-state index < -0.39 is 82.8 Å². The molecule has 2 aromatic carbocycles. The topological polar surface area (TPSA) is 214 Å². The molecule has 4 heterocycles. The number of nitrogens with zero attached hydrogens (tertiary/aromatic N) is 3. The van der Waals surface area contributed by atoms with Crippen LogP contribution in [0.15, 0.2) is 41.2 Å². The summed E-state index contributed by atoms with van der Waals surface area (Å²) in [5, 5.41) is 78.4. The number of ketones is 1. The number of aromatic hydroxyl groups is 3. The molecule has 1 saturated heterocycles. The van der Waals surface area contributed by atoms with Gasteiger partial charge in [-0.2, -0.15) is 5.10 Å². The van der Waals surface area contributed by atoms with Crippen molar-refractivity contribution in [1.82, 2.24) is 9.91 Å². The molecule has 0 aromatic heterocycles. The summed E-state index contributed by atoms with van der Waals surface area (Å²) in [6, 6.07) is 0.561. The second-order valence-corrected chi connectivity index (χ2v) is 17.2. The van der Waals surface area contributed by atoms with Crippen molar-refractivity contribution in [3.05, 3.63) is 52.8 Å². The molecule has 2 fully saturated rings. The van der Waals surface area contributed by atoms with Crippen molar-refractivity contribution in [2.45, 2.75) is 110 Å². The van der Waals surface area contributed by atoms with E-state index >= 15 is 0 Å². The van der Waals surface area contributed by atoms with Gasteiger partial charge in [0.15, 0.2) is 5.75 Å². The van der Waals surface area contributed by atoms with Crippen molar-refractivity contribution >= 4 is 34.4 Å². The van der Waals surface area contributed by atoms with E-state index in [0.717, 1.165) is 13.1 Å². The number of carbonyl (C=O) groups is 2. The Bertz CT molecular complexity index is 2070. The molecular weight excluding hydrogens is 773 g/mol. The number of piperazine rings is 1. The minimum atomic E-state index is -2.01. The normalized spacial score (nSPS) is 33.5. The molecule has 328 valence electrons. The fraction of sp³-hybridized carbons (Fsp3) is 0.578. The molecule has 4 aliphatic heterocycles. The summed E-state index contributed by atoms with van der Waals surface area (Å²) in [5.74, 6) is -7.52. The third kappa shape index (κ3) is 8.47. The van der Waals surface area contributed by atoms with E-state index in [9.17, 15) is 40.2 Å². The highest BCUT2D eigenvalue weighted by Crippen LogP contribution is 2.55. The summed E-state index contributed by atoms with van der Waals surface area (Å²) >= 11 is 0. The number of anilines is 1. The van der Waals surface area contributed by atoms with Crippen LogP contribution in [0.5, 0.6) is 23.0 Å². The lowest BCUT2D eigenvalue weighted by atomic mass is 9.78. The highest BCUT2D eigenvalue weighted by Gasteiger charge is 2.50. The summed E-state index contributed by atoms with van der Waals surface area (Å²) in [7, 11) is 1.45. The van der Waals surface area contributed by atoms with Gasteiger partial charge in [-0.05, 0) is 32.8 Å². The molecule has 15 nitrogen and oxygen atoms in total. The standard InChI is InChI=1S/C45H62N4O11/c1-23-12-11-13-24(2)44(57)47-35-30(22-46-49-19-17-48(18-20-49)29-14-9-10-15-29)40(54)32-33(41(35)55)39(53)28(6)42-34(32)43(56)45(7,60-42)59-21-16-31(58-8)25(3)37(51)27(5)38(52)26(4)36(23)50/h11-13,16,21-23,25-27,29,31,36-38,50-55H,9-10,14-15,17-20H2,1-8H3,(H,47,57)/b12-11+,21-16+,24-13-,46-22?/t23-,25-,26+,27+,31-,36-,37+,38+,45-/m0/s1. The Morgan fingerprint density at radius 3 is 2.15 bits per heavy atom. The lowest BCUT2D eigenvalue weighted by molar-refractivity contribution is -0.112. The highest BCUT2D eigenvalue weighted by atomic mass is 16.7. The molecule has 0 radical (unpaired) electrons. The Labute approximate surface area is 351 Å². The third-order valence-electron chi connectivity index (χ3n) is 13.3. The zero-order valence-electron chi connectivity index (χ0n) is 35.9. The first-order valence-corrected chi connectivity index (χ1v) is 21.0. The maximum Gasteiger partial charge on any atom is 0.312 e. The fourth-order valence-electron chi connectivity index (χ4n) is 9.08. The molecular formula is C45H62N4O11. The summed E-state index contributed by atoms with van der Waals surface area (Å²) in [5.41, 5.74) is -0.233. The number of aliphatic hydroxyl groups is 3. The summed E-state index contributed by atoms with van der Waals surface area (Å²) in [6.07, 6.45) is 9.71. The lowest BCUT2D eigenvalue weighted by Crippen LogP contribution is -2.47. The number of hydrogen-bond donors (Lipinski definition) is 7. The second-order valence-electron chi connectivity index (χ2n) is 17.2. The summed E-state index contributed by atoms with van der Waals surface area (Å²) in [6.45, 7) is 14.1. The van der Waals surface area contributed by atoms with Gasteiger partial charge in [-0.1, -0.05) is 58.8 Å². The van der Waals surface area contributed by atoms with Crippen LogP contribution in [-0.2, 0) is 14.3 Å². The number of phenols is 3. The van der Waals surface area contributed by atoms with Gasteiger partial charge in [-0.3, -0.25) is 19.5 Å². The first-order valence-electron chi connectivity index (χ1n) is 21.0. The predicted octanol–water partition coefficient (Wildman–Crippen LogP) is 5.08. The Morgan fingerprint density at radius 1 is 0.867 bits per heavy atom. The third-order valence-corrected chi connectivity index (χ3v) is 13.3. The van der Waals surface area contributed by atoms with Gasteiger partial charge in [0.1, 0.15) is 17.2 Å². The number of hydrogen-bond acceptors (Lipinski definition) is 14. The average molecular weight is 835 g/mol. The number of rotatable bonds is 4. The van der Waals surface area contributed by atoms with Crippen LogP contribution < -0.4 is 10.1 Å². The smallest absolute Gasteiger partial charge is 0.312 e. The number of nitrogens with one attached hydrogen (secondary N) is 1. The Morgan fingerprint density at radius 2 is 1.50 bits per heavy atom. The highest BCUT2D eigenvalue weighted by molar-refractivity contribution is 6.23. The van der Waals surface area contributed by atoms with Crippen molar-refractivity contribution in [1.29, 1.82) is 0 Å². The number of hydrazone groups is 1. The number of amides is 1. The van der Waals surface area contributed by atoms with Crippen LogP contribution in [0.3, 0.4) is 0 Å². The lowest BCUT2D eigenvalue weighted by Gasteiger charge is -2.36. The molecule has 15 heteroatoms. The molecule has 7 rings (SSSR count). The van der Waals surface area contributed by atoms with Gasteiger partial charge in [-0.15, -0.1) is 0 Å².